The molecule has 1 atom stereocenters. The zero-order chi connectivity index (χ0) is 14.8. The highest BCUT2D eigenvalue weighted by Crippen LogP contribution is 2.17. The third kappa shape index (κ3) is 3.25. The van der Waals surface area contributed by atoms with Crippen molar-refractivity contribution in [2.24, 2.45) is 0 Å². The maximum absolute atomic E-state index is 12.2. The van der Waals surface area contributed by atoms with Crippen LogP contribution in [0.2, 0.25) is 5.02 Å². The van der Waals surface area contributed by atoms with E-state index in [1.165, 1.54) is 0 Å². The van der Waals surface area contributed by atoms with E-state index in [0.717, 1.165) is 21.8 Å². The van der Waals surface area contributed by atoms with Gasteiger partial charge in [-0.1, -0.05) is 17.7 Å². The molecule has 3 N–H and O–H groups in total. The Labute approximate surface area is 129 Å². The minimum Gasteiger partial charge on any atom is -0.399 e. The maximum atomic E-state index is 12.2. The molecule has 0 saturated carbocycles. The molecule has 0 aliphatic rings. The lowest BCUT2D eigenvalue weighted by molar-refractivity contribution is 0.681. The van der Waals surface area contributed by atoms with Gasteiger partial charge >= 0.3 is 0 Å². The molecular weight excluding hydrogens is 306 g/mol. The second kappa shape index (κ2) is 5.87. The Morgan fingerprint density at radius 3 is 2.90 bits per heavy atom. The van der Waals surface area contributed by atoms with Gasteiger partial charge in [-0.3, -0.25) is 4.21 Å². The van der Waals surface area contributed by atoms with E-state index in [-0.39, 0.29) is 0 Å². The number of nitrogen functional groups attached to an aromatic ring is 1. The van der Waals surface area contributed by atoms with Gasteiger partial charge in [0, 0.05) is 27.8 Å². The molecule has 0 aliphatic heterocycles. The number of benzene rings is 2. The second-order valence-electron chi connectivity index (χ2n) is 4.72. The van der Waals surface area contributed by atoms with Crippen LogP contribution in [0.3, 0.4) is 0 Å². The molecule has 1 heterocycles. The number of H-pyrrole nitrogens is 1. The van der Waals surface area contributed by atoms with Crippen molar-refractivity contribution in [1.29, 1.82) is 0 Å². The van der Waals surface area contributed by atoms with Crippen LogP contribution < -0.4 is 5.73 Å². The summed E-state index contributed by atoms with van der Waals surface area (Å²) in [4.78, 5) is 8.41. The van der Waals surface area contributed by atoms with Crippen LogP contribution in [0.25, 0.3) is 11.0 Å². The molecule has 0 bridgehead atoms. The van der Waals surface area contributed by atoms with E-state index in [9.17, 15) is 4.21 Å². The first-order chi connectivity index (χ1) is 10.1. The average molecular weight is 320 g/mol. The topological polar surface area (TPSA) is 71.8 Å². The molecule has 0 radical (unpaired) electrons. The quantitative estimate of drug-likeness (QED) is 0.726. The Bertz CT molecular complexity index is 816. The number of rotatable bonds is 4. The van der Waals surface area contributed by atoms with Crippen molar-refractivity contribution in [1.82, 2.24) is 9.97 Å². The van der Waals surface area contributed by atoms with Gasteiger partial charge in [-0.25, -0.2) is 4.98 Å². The zero-order valence-corrected chi connectivity index (χ0v) is 12.7. The van der Waals surface area contributed by atoms with Crippen molar-refractivity contribution in [3.05, 3.63) is 53.3 Å². The monoisotopic (exact) mass is 319 g/mol. The van der Waals surface area contributed by atoms with Crippen LogP contribution in [0.15, 0.2) is 47.4 Å². The van der Waals surface area contributed by atoms with E-state index in [4.69, 9.17) is 17.3 Å². The number of imidazole rings is 1. The number of aromatic amines is 1. The molecule has 0 amide bonds. The van der Waals surface area contributed by atoms with Crippen LogP contribution in [0, 0.1) is 0 Å². The van der Waals surface area contributed by atoms with Gasteiger partial charge < -0.3 is 10.7 Å². The Morgan fingerprint density at radius 2 is 2.10 bits per heavy atom. The Balaban J connectivity index is 1.72. The minimum atomic E-state index is -1.09. The van der Waals surface area contributed by atoms with Gasteiger partial charge in [0.25, 0.3) is 0 Å². The maximum Gasteiger partial charge on any atom is 0.108 e. The van der Waals surface area contributed by atoms with Crippen LogP contribution in [-0.2, 0) is 17.2 Å². The predicted molar refractivity (Wildman–Crippen MR) is 86.9 cm³/mol. The van der Waals surface area contributed by atoms with Crippen molar-refractivity contribution in [3.8, 4) is 0 Å². The summed E-state index contributed by atoms with van der Waals surface area (Å²) in [6.07, 6.45) is 0.605. The number of nitrogens with zero attached hydrogens (tertiary/aromatic N) is 1. The first kappa shape index (κ1) is 14.1. The third-order valence-corrected chi connectivity index (χ3v) is 4.73. The van der Waals surface area contributed by atoms with Crippen molar-refractivity contribution >= 4 is 39.1 Å². The van der Waals surface area contributed by atoms with Crippen molar-refractivity contribution in [3.63, 3.8) is 0 Å². The summed E-state index contributed by atoms with van der Waals surface area (Å²) in [5.74, 6) is 1.31. The Kier molecular flexibility index (Phi) is 3.94. The molecule has 4 nitrogen and oxygen atoms in total. The van der Waals surface area contributed by atoms with E-state index in [0.29, 0.717) is 22.9 Å². The van der Waals surface area contributed by atoms with Crippen molar-refractivity contribution in [2.45, 2.75) is 11.3 Å². The van der Waals surface area contributed by atoms with Crippen LogP contribution in [-0.4, -0.2) is 19.9 Å². The van der Waals surface area contributed by atoms with Gasteiger partial charge in [0.05, 0.1) is 21.8 Å². The molecule has 0 spiro atoms. The number of anilines is 1. The number of aryl methyl sites for hydroxylation is 1. The Hall–Kier alpha value is -1.85. The summed E-state index contributed by atoms with van der Waals surface area (Å²) in [7, 11) is -1.09. The van der Waals surface area contributed by atoms with Crippen molar-refractivity contribution < 1.29 is 4.21 Å². The summed E-state index contributed by atoms with van der Waals surface area (Å²) < 4.78 is 12.2. The molecular formula is C15H14ClN3OS. The van der Waals surface area contributed by atoms with Gasteiger partial charge in [0.15, 0.2) is 0 Å². The second-order valence-corrected chi connectivity index (χ2v) is 6.72. The standard InChI is InChI=1S/C15H14ClN3OS/c16-10-2-1-3-12(8-10)21(20)7-6-15-18-13-5-4-11(17)9-14(13)19-15/h1-5,8-9H,6-7,17H2,(H,18,19). The van der Waals surface area contributed by atoms with Crippen LogP contribution >= 0.6 is 11.6 Å². The lowest BCUT2D eigenvalue weighted by Gasteiger charge is -2.01. The molecule has 6 heteroatoms. The summed E-state index contributed by atoms with van der Waals surface area (Å²) in [6, 6.07) is 12.7. The van der Waals surface area contributed by atoms with E-state index >= 15 is 0 Å². The molecule has 1 unspecified atom stereocenters. The largest absolute Gasteiger partial charge is 0.399 e. The molecule has 0 fully saturated rings. The SMILES string of the molecule is Nc1ccc2nc(CCS(=O)c3cccc(Cl)c3)[nH]c2c1. The fourth-order valence-corrected chi connectivity index (χ4v) is 3.47. The molecule has 3 aromatic rings. The van der Waals surface area contributed by atoms with E-state index in [1.807, 2.05) is 24.3 Å². The van der Waals surface area contributed by atoms with E-state index in [2.05, 4.69) is 9.97 Å². The van der Waals surface area contributed by atoms with Crippen molar-refractivity contribution in [2.75, 3.05) is 11.5 Å². The number of fused-ring (bicyclic) bond motifs is 1. The van der Waals surface area contributed by atoms with Crippen LogP contribution in [0.5, 0.6) is 0 Å². The van der Waals surface area contributed by atoms with Gasteiger partial charge in [-0.2, -0.15) is 0 Å². The van der Waals surface area contributed by atoms with E-state index < -0.39 is 10.8 Å². The van der Waals surface area contributed by atoms with E-state index in [1.54, 1.807) is 18.2 Å². The normalized spacial score (nSPS) is 12.6. The summed E-state index contributed by atoms with van der Waals surface area (Å²) in [5.41, 5.74) is 8.20. The fourth-order valence-electron chi connectivity index (χ4n) is 2.11. The predicted octanol–water partition coefficient (Wildman–Crippen LogP) is 3.15. The Morgan fingerprint density at radius 1 is 1.24 bits per heavy atom. The first-order valence-electron chi connectivity index (χ1n) is 6.50. The molecule has 3 rings (SSSR count). The summed E-state index contributed by atoms with van der Waals surface area (Å²) in [6.45, 7) is 0. The highest BCUT2D eigenvalue weighted by atomic mass is 35.5. The number of hydrogen-bond acceptors (Lipinski definition) is 3. The lowest BCUT2D eigenvalue weighted by Crippen LogP contribution is -2.02. The fraction of sp³-hybridized carbons (Fsp3) is 0.133. The average Bonchev–Trinajstić information content (AvgIpc) is 2.86. The number of aromatic nitrogens is 2. The molecule has 0 aliphatic carbocycles. The molecule has 108 valence electrons. The van der Waals surface area contributed by atoms with Gasteiger partial charge in [0.1, 0.15) is 5.82 Å². The van der Waals surface area contributed by atoms with Gasteiger partial charge in [0.2, 0.25) is 0 Å². The number of nitrogens with two attached hydrogens (primary N) is 1. The number of nitrogens with one attached hydrogen (secondary N) is 1. The summed E-state index contributed by atoms with van der Waals surface area (Å²) in [5, 5.41) is 0.597. The molecule has 2 aromatic carbocycles. The zero-order valence-electron chi connectivity index (χ0n) is 11.2. The molecule has 21 heavy (non-hydrogen) atoms. The first-order valence-corrected chi connectivity index (χ1v) is 8.19. The smallest absolute Gasteiger partial charge is 0.108 e. The van der Waals surface area contributed by atoms with Crippen LogP contribution in [0.4, 0.5) is 5.69 Å². The highest BCUT2D eigenvalue weighted by molar-refractivity contribution is 7.85. The lowest BCUT2D eigenvalue weighted by atomic mass is 10.3. The third-order valence-electron chi connectivity index (χ3n) is 3.14. The summed E-state index contributed by atoms with van der Waals surface area (Å²) >= 11 is 5.91. The molecule has 0 saturated heterocycles. The number of halogens is 1. The van der Waals surface area contributed by atoms with Crippen LogP contribution in [0.1, 0.15) is 5.82 Å². The highest BCUT2D eigenvalue weighted by Gasteiger charge is 2.08. The number of hydrogen-bond donors (Lipinski definition) is 2. The molecule has 1 aromatic heterocycles. The van der Waals surface area contributed by atoms with Gasteiger partial charge in [-0.05, 0) is 36.4 Å². The minimum absolute atomic E-state index is 0.496. The van der Waals surface area contributed by atoms with Gasteiger partial charge in [-0.15, -0.1) is 0 Å².